The Morgan fingerprint density at radius 1 is 1.05 bits per heavy atom. The van der Waals surface area contributed by atoms with Crippen LogP contribution in [0.5, 0.6) is 17.2 Å². The highest BCUT2D eigenvalue weighted by molar-refractivity contribution is 5.92. The molecule has 2 N–H and O–H groups in total. The first-order valence-corrected chi connectivity index (χ1v) is 6.38. The molecule has 1 aromatic rings. The minimum absolute atomic E-state index is 0.00209. The van der Waals surface area contributed by atoms with E-state index in [1.807, 2.05) is 12.1 Å². The van der Waals surface area contributed by atoms with Gasteiger partial charge in [-0.05, 0) is 18.6 Å². The Hall–Kier alpha value is -2.17. The predicted octanol–water partition coefficient (Wildman–Crippen LogP) is 2.00. The first-order valence-electron chi connectivity index (χ1n) is 6.38. The molecular formula is C15H19NO4. The van der Waals surface area contributed by atoms with Crippen LogP contribution in [0.1, 0.15) is 24.3 Å². The molecule has 1 unspecified atom stereocenters. The number of ketones is 1. The summed E-state index contributed by atoms with van der Waals surface area (Å²) >= 11 is 0. The van der Waals surface area contributed by atoms with Crippen LogP contribution in [0.3, 0.4) is 0 Å². The van der Waals surface area contributed by atoms with Crippen LogP contribution in [0, 0.1) is 0 Å². The third kappa shape index (κ3) is 2.57. The van der Waals surface area contributed by atoms with Crippen molar-refractivity contribution in [1.82, 2.24) is 0 Å². The monoisotopic (exact) mass is 277 g/mol. The van der Waals surface area contributed by atoms with Gasteiger partial charge in [0, 0.05) is 23.6 Å². The maximum absolute atomic E-state index is 11.7. The van der Waals surface area contributed by atoms with Crippen molar-refractivity contribution in [2.45, 2.75) is 18.8 Å². The summed E-state index contributed by atoms with van der Waals surface area (Å²) in [5.41, 5.74) is 7.33. The summed E-state index contributed by atoms with van der Waals surface area (Å²) in [6.07, 6.45) is 2.56. The van der Waals surface area contributed by atoms with Gasteiger partial charge in [-0.25, -0.2) is 0 Å². The van der Waals surface area contributed by atoms with E-state index in [1.165, 1.54) is 6.08 Å². The number of allylic oxidation sites excluding steroid dienone is 2. The van der Waals surface area contributed by atoms with Crippen LogP contribution in [0.2, 0.25) is 0 Å². The van der Waals surface area contributed by atoms with Gasteiger partial charge in [0.15, 0.2) is 17.3 Å². The molecule has 1 aliphatic carbocycles. The largest absolute Gasteiger partial charge is 0.493 e. The van der Waals surface area contributed by atoms with Crippen molar-refractivity contribution in [3.8, 4) is 17.2 Å². The van der Waals surface area contributed by atoms with E-state index in [2.05, 4.69) is 0 Å². The fourth-order valence-corrected chi connectivity index (χ4v) is 2.59. The fourth-order valence-electron chi connectivity index (χ4n) is 2.59. The minimum Gasteiger partial charge on any atom is -0.493 e. The van der Waals surface area contributed by atoms with Crippen molar-refractivity contribution < 1.29 is 19.0 Å². The van der Waals surface area contributed by atoms with Crippen LogP contribution in [0.4, 0.5) is 0 Å². The maximum atomic E-state index is 11.7. The predicted molar refractivity (Wildman–Crippen MR) is 75.4 cm³/mol. The molecule has 5 nitrogen and oxygen atoms in total. The van der Waals surface area contributed by atoms with E-state index in [9.17, 15) is 4.79 Å². The average molecular weight is 277 g/mol. The summed E-state index contributed by atoms with van der Waals surface area (Å²) in [6.45, 7) is 0. The van der Waals surface area contributed by atoms with Crippen molar-refractivity contribution in [1.29, 1.82) is 0 Å². The molecule has 0 radical (unpaired) electrons. The van der Waals surface area contributed by atoms with E-state index < -0.39 is 0 Å². The van der Waals surface area contributed by atoms with Gasteiger partial charge in [0.25, 0.3) is 0 Å². The standard InChI is InChI=1S/C15H19NO4/c1-18-13-5-4-12(14(19-2)15(13)20-3)9-6-10(16)8-11(17)7-9/h4-5,8-9H,6-7,16H2,1-3H3. The first-order chi connectivity index (χ1) is 9.60. The lowest BCUT2D eigenvalue weighted by Crippen LogP contribution is -2.17. The molecule has 0 saturated carbocycles. The number of carbonyl (C=O) groups excluding carboxylic acids is 1. The Morgan fingerprint density at radius 2 is 1.75 bits per heavy atom. The second kappa shape index (κ2) is 5.86. The zero-order valence-corrected chi connectivity index (χ0v) is 11.9. The summed E-state index contributed by atoms with van der Waals surface area (Å²) in [4.78, 5) is 11.7. The summed E-state index contributed by atoms with van der Waals surface area (Å²) in [7, 11) is 4.71. The highest BCUT2D eigenvalue weighted by atomic mass is 16.5. The molecule has 0 heterocycles. The zero-order chi connectivity index (χ0) is 14.7. The van der Waals surface area contributed by atoms with Crippen LogP contribution in [0.25, 0.3) is 0 Å². The van der Waals surface area contributed by atoms with E-state index >= 15 is 0 Å². The quantitative estimate of drug-likeness (QED) is 0.911. The van der Waals surface area contributed by atoms with Gasteiger partial charge in [-0.2, -0.15) is 0 Å². The number of rotatable bonds is 4. The SMILES string of the molecule is COc1ccc(C2CC(=O)C=C(N)C2)c(OC)c1OC. The molecule has 0 fully saturated rings. The number of hydrogen-bond acceptors (Lipinski definition) is 5. The van der Waals surface area contributed by atoms with E-state index in [-0.39, 0.29) is 11.7 Å². The molecule has 108 valence electrons. The van der Waals surface area contributed by atoms with Gasteiger partial charge in [-0.1, -0.05) is 6.07 Å². The number of nitrogens with two attached hydrogens (primary N) is 1. The lowest BCUT2D eigenvalue weighted by molar-refractivity contribution is -0.115. The molecule has 5 heteroatoms. The van der Waals surface area contributed by atoms with E-state index in [0.717, 1.165) is 5.56 Å². The summed E-state index contributed by atoms with van der Waals surface area (Å²) in [6, 6.07) is 3.71. The number of hydrogen-bond donors (Lipinski definition) is 1. The van der Waals surface area contributed by atoms with Crippen molar-refractivity contribution >= 4 is 5.78 Å². The first kappa shape index (κ1) is 14.2. The number of carbonyl (C=O) groups is 1. The summed E-state index contributed by atoms with van der Waals surface area (Å²) in [5, 5.41) is 0. The van der Waals surface area contributed by atoms with E-state index in [0.29, 0.717) is 35.8 Å². The third-order valence-corrected chi connectivity index (χ3v) is 3.45. The Morgan fingerprint density at radius 3 is 2.30 bits per heavy atom. The lowest BCUT2D eigenvalue weighted by Gasteiger charge is -2.24. The van der Waals surface area contributed by atoms with Gasteiger partial charge >= 0.3 is 0 Å². The molecule has 0 amide bonds. The Bertz CT molecular complexity index is 551. The Kier molecular flexibility index (Phi) is 4.17. The molecule has 2 rings (SSSR count). The molecular weight excluding hydrogens is 258 g/mol. The van der Waals surface area contributed by atoms with Gasteiger partial charge < -0.3 is 19.9 Å². The van der Waals surface area contributed by atoms with Crippen LogP contribution >= 0.6 is 0 Å². The molecule has 20 heavy (non-hydrogen) atoms. The molecule has 1 atom stereocenters. The summed E-state index contributed by atoms with van der Waals surface area (Å²) < 4.78 is 16.1. The van der Waals surface area contributed by atoms with Crippen molar-refractivity contribution in [2.75, 3.05) is 21.3 Å². The number of ether oxygens (including phenoxy) is 3. The van der Waals surface area contributed by atoms with Crippen molar-refractivity contribution in [3.63, 3.8) is 0 Å². The second-order valence-electron chi connectivity index (χ2n) is 4.71. The lowest BCUT2D eigenvalue weighted by atomic mass is 9.85. The van der Waals surface area contributed by atoms with Crippen molar-refractivity contribution in [2.24, 2.45) is 5.73 Å². The van der Waals surface area contributed by atoms with Crippen LogP contribution in [-0.2, 0) is 4.79 Å². The zero-order valence-electron chi connectivity index (χ0n) is 11.9. The number of methoxy groups -OCH3 is 3. The summed E-state index contributed by atoms with van der Waals surface area (Å²) in [5.74, 6) is 1.77. The van der Waals surface area contributed by atoms with Gasteiger partial charge in [-0.3, -0.25) is 4.79 Å². The van der Waals surface area contributed by atoms with Crippen LogP contribution in [-0.4, -0.2) is 27.1 Å². The normalized spacial score (nSPS) is 18.4. The second-order valence-corrected chi connectivity index (χ2v) is 4.71. The van der Waals surface area contributed by atoms with Crippen molar-refractivity contribution in [3.05, 3.63) is 29.5 Å². The number of benzene rings is 1. The highest BCUT2D eigenvalue weighted by Crippen LogP contribution is 2.45. The Labute approximate surface area is 118 Å². The Balaban J connectivity index is 2.47. The van der Waals surface area contributed by atoms with E-state index in [1.54, 1.807) is 21.3 Å². The highest BCUT2D eigenvalue weighted by Gasteiger charge is 2.26. The topological polar surface area (TPSA) is 70.8 Å². The molecule has 0 bridgehead atoms. The smallest absolute Gasteiger partial charge is 0.203 e. The third-order valence-electron chi connectivity index (χ3n) is 3.45. The minimum atomic E-state index is 0.00209. The van der Waals surface area contributed by atoms with Crippen LogP contribution < -0.4 is 19.9 Å². The molecule has 0 saturated heterocycles. The molecule has 1 aromatic carbocycles. The molecule has 0 spiro atoms. The van der Waals surface area contributed by atoms with Gasteiger partial charge in [0.1, 0.15) is 0 Å². The fraction of sp³-hybridized carbons (Fsp3) is 0.400. The molecule has 0 aliphatic heterocycles. The maximum Gasteiger partial charge on any atom is 0.203 e. The molecule has 1 aliphatic rings. The molecule has 0 aromatic heterocycles. The van der Waals surface area contributed by atoms with Gasteiger partial charge in [0.2, 0.25) is 5.75 Å². The van der Waals surface area contributed by atoms with Gasteiger partial charge in [0.05, 0.1) is 21.3 Å². The van der Waals surface area contributed by atoms with E-state index in [4.69, 9.17) is 19.9 Å². The van der Waals surface area contributed by atoms with Crippen LogP contribution in [0.15, 0.2) is 23.9 Å². The van der Waals surface area contributed by atoms with Gasteiger partial charge in [-0.15, -0.1) is 0 Å². The average Bonchev–Trinajstić information content (AvgIpc) is 2.44.